The van der Waals surface area contributed by atoms with Gasteiger partial charge in [0.15, 0.2) is 0 Å². The minimum absolute atomic E-state index is 0.653. The van der Waals surface area contributed by atoms with Crippen LogP contribution in [0, 0.1) is 0 Å². The molecule has 2 atom stereocenters. The van der Waals surface area contributed by atoms with Crippen LogP contribution in [-0.4, -0.2) is 32.3 Å². The summed E-state index contributed by atoms with van der Waals surface area (Å²) in [4.78, 5) is 2.53. The zero-order valence-corrected chi connectivity index (χ0v) is 10.4. The Bertz CT molecular complexity index is 394. The van der Waals surface area contributed by atoms with Gasteiger partial charge in [-0.05, 0) is 31.4 Å². The zero-order chi connectivity index (χ0) is 11.7. The van der Waals surface area contributed by atoms with Gasteiger partial charge in [0.25, 0.3) is 0 Å². The number of ether oxygens (including phenoxy) is 1. The maximum atomic E-state index is 5.48. The number of nitrogens with one attached hydrogen (secondary N) is 1. The van der Waals surface area contributed by atoms with Gasteiger partial charge in [-0.15, -0.1) is 0 Å². The molecule has 0 bridgehead atoms. The van der Waals surface area contributed by atoms with E-state index in [1.807, 2.05) is 6.07 Å². The van der Waals surface area contributed by atoms with E-state index in [1.165, 1.54) is 24.9 Å². The average molecular weight is 232 g/mol. The first-order valence-electron chi connectivity index (χ1n) is 6.53. The van der Waals surface area contributed by atoms with Crippen molar-refractivity contribution >= 4 is 5.69 Å². The van der Waals surface area contributed by atoms with Crippen LogP contribution in [0.5, 0.6) is 5.75 Å². The van der Waals surface area contributed by atoms with E-state index in [9.17, 15) is 0 Å². The van der Waals surface area contributed by atoms with Gasteiger partial charge in [-0.25, -0.2) is 0 Å². The smallest absolute Gasteiger partial charge is 0.142 e. The van der Waals surface area contributed by atoms with E-state index in [1.54, 1.807) is 7.11 Å². The molecule has 0 aromatic heterocycles. The highest BCUT2D eigenvalue weighted by molar-refractivity contribution is 5.59. The van der Waals surface area contributed by atoms with Crippen LogP contribution in [0.1, 0.15) is 19.3 Å². The molecule has 2 fully saturated rings. The second-order valence-electron chi connectivity index (χ2n) is 4.92. The van der Waals surface area contributed by atoms with E-state index in [-0.39, 0.29) is 0 Å². The van der Waals surface area contributed by atoms with Crippen molar-refractivity contribution in [3.05, 3.63) is 24.3 Å². The minimum Gasteiger partial charge on any atom is -0.495 e. The average Bonchev–Trinajstić information content (AvgIpc) is 2.86. The Morgan fingerprint density at radius 1 is 1.29 bits per heavy atom. The van der Waals surface area contributed by atoms with Gasteiger partial charge in [-0.1, -0.05) is 12.1 Å². The first-order chi connectivity index (χ1) is 8.40. The van der Waals surface area contributed by atoms with E-state index < -0.39 is 0 Å². The number of hydrogen-bond acceptors (Lipinski definition) is 3. The van der Waals surface area contributed by atoms with Crippen molar-refractivity contribution in [1.29, 1.82) is 0 Å². The van der Waals surface area contributed by atoms with Gasteiger partial charge in [0, 0.05) is 25.2 Å². The number of piperazine rings is 1. The van der Waals surface area contributed by atoms with Crippen LogP contribution in [0.3, 0.4) is 0 Å². The summed E-state index contributed by atoms with van der Waals surface area (Å²) in [5.74, 6) is 1.00. The first-order valence-corrected chi connectivity index (χ1v) is 6.53. The molecular weight excluding hydrogens is 212 g/mol. The molecule has 1 aliphatic heterocycles. The number of hydrogen-bond donors (Lipinski definition) is 1. The lowest BCUT2D eigenvalue weighted by atomic mass is 10.1. The topological polar surface area (TPSA) is 24.5 Å². The molecular formula is C14H20N2O. The fourth-order valence-corrected chi connectivity index (χ4v) is 3.25. The lowest BCUT2D eigenvalue weighted by molar-refractivity contribution is 0.386. The van der Waals surface area contributed by atoms with Gasteiger partial charge >= 0.3 is 0 Å². The third kappa shape index (κ3) is 1.89. The Hall–Kier alpha value is -1.22. The Labute approximate surface area is 103 Å². The van der Waals surface area contributed by atoms with Crippen LogP contribution in [0.2, 0.25) is 0 Å². The van der Waals surface area contributed by atoms with E-state index in [0.717, 1.165) is 18.8 Å². The molecule has 3 nitrogen and oxygen atoms in total. The molecule has 0 amide bonds. The molecule has 3 rings (SSSR count). The fraction of sp³-hybridized carbons (Fsp3) is 0.571. The molecule has 92 valence electrons. The van der Waals surface area contributed by atoms with E-state index >= 15 is 0 Å². The zero-order valence-electron chi connectivity index (χ0n) is 10.4. The second kappa shape index (κ2) is 4.57. The summed E-state index contributed by atoms with van der Waals surface area (Å²) in [6.07, 6.45) is 3.96. The normalized spacial score (nSPS) is 27.9. The predicted octanol–water partition coefficient (Wildman–Crippen LogP) is 2.03. The van der Waals surface area contributed by atoms with Crippen LogP contribution >= 0.6 is 0 Å². The van der Waals surface area contributed by atoms with Crippen molar-refractivity contribution in [2.75, 3.05) is 25.1 Å². The largest absolute Gasteiger partial charge is 0.495 e. The molecule has 0 radical (unpaired) electrons. The van der Waals surface area contributed by atoms with Gasteiger partial charge in [-0.2, -0.15) is 0 Å². The van der Waals surface area contributed by atoms with Crippen molar-refractivity contribution in [3.63, 3.8) is 0 Å². The van der Waals surface area contributed by atoms with Crippen LogP contribution in [0.25, 0.3) is 0 Å². The Morgan fingerprint density at radius 2 is 2.18 bits per heavy atom. The number of nitrogens with zero attached hydrogens (tertiary/aromatic N) is 1. The Kier molecular flexibility index (Phi) is 2.93. The lowest BCUT2D eigenvalue weighted by Gasteiger charge is -2.40. The third-order valence-electron chi connectivity index (χ3n) is 4.03. The van der Waals surface area contributed by atoms with Gasteiger partial charge in [0.1, 0.15) is 5.75 Å². The molecule has 0 unspecified atom stereocenters. The maximum absolute atomic E-state index is 5.48. The van der Waals surface area contributed by atoms with Crippen molar-refractivity contribution < 1.29 is 4.74 Å². The molecule has 1 aliphatic carbocycles. The summed E-state index contributed by atoms with van der Waals surface area (Å²) in [6.45, 7) is 2.17. The SMILES string of the molecule is COc1ccccc1N1CCN[C@@H]2CCC[C@H]21. The second-order valence-corrected chi connectivity index (χ2v) is 4.92. The first kappa shape index (κ1) is 10.9. The van der Waals surface area contributed by atoms with Gasteiger partial charge < -0.3 is 15.0 Å². The van der Waals surface area contributed by atoms with Crippen molar-refractivity contribution in [2.24, 2.45) is 0 Å². The predicted molar refractivity (Wildman–Crippen MR) is 69.8 cm³/mol. The summed E-state index contributed by atoms with van der Waals surface area (Å²) < 4.78 is 5.48. The summed E-state index contributed by atoms with van der Waals surface area (Å²) in [5.41, 5.74) is 1.26. The molecule has 1 saturated heterocycles. The van der Waals surface area contributed by atoms with Gasteiger partial charge in [0.2, 0.25) is 0 Å². The van der Waals surface area contributed by atoms with Crippen LogP contribution < -0.4 is 15.0 Å². The fourth-order valence-electron chi connectivity index (χ4n) is 3.25. The van der Waals surface area contributed by atoms with E-state index in [2.05, 4.69) is 28.4 Å². The van der Waals surface area contributed by atoms with Crippen molar-refractivity contribution in [1.82, 2.24) is 5.32 Å². The van der Waals surface area contributed by atoms with Gasteiger partial charge in [-0.3, -0.25) is 0 Å². The molecule has 3 heteroatoms. The highest BCUT2D eigenvalue weighted by Crippen LogP contribution is 2.35. The molecule has 0 spiro atoms. The Balaban J connectivity index is 1.91. The maximum Gasteiger partial charge on any atom is 0.142 e. The summed E-state index contributed by atoms with van der Waals surface area (Å²) >= 11 is 0. The highest BCUT2D eigenvalue weighted by atomic mass is 16.5. The van der Waals surface area contributed by atoms with E-state index in [0.29, 0.717) is 12.1 Å². The van der Waals surface area contributed by atoms with Crippen LogP contribution in [-0.2, 0) is 0 Å². The monoisotopic (exact) mass is 232 g/mol. The van der Waals surface area contributed by atoms with E-state index in [4.69, 9.17) is 4.74 Å². The van der Waals surface area contributed by atoms with Crippen molar-refractivity contribution in [2.45, 2.75) is 31.3 Å². The number of methoxy groups -OCH3 is 1. The summed E-state index contributed by atoms with van der Waals surface area (Å²) in [7, 11) is 1.76. The highest BCUT2D eigenvalue weighted by Gasteiger charge is 2.35. The number of rotatable bonds is 2. The minimum atomic E-state index is 0.653. The quantitative estimate of drug-likeness (QED) is 0.844. The standard InChI is InChI=1S/C14H20N2O/c1-17-14-8-3-2-6-13(14)16-10-9-15-11-5-4-7-12(11)16/h2-3,6,8,11-12,15H,4-5,7,9-10H2,1H3/t11-,12-/m1/s1. The molecule has 1 N–H and O–H groups in total. The molecule has 1 aromatic rings. The molecule has 1 heterocycles. The van der Waals surface area contributed by atoms with Crippen LogP contribution in [0.15, 0.2) is 24.3 Å². The number of para-hydroxylation sites is 2. The molecule has 17 heavy (non-hydrogen) atoms. The number of anilines is 1. The molecule has 1 saturated carbocycles. The summed E-state index contributed by atoms with van der Waals surface area (Å²) in [5, 5.41) is 3.64. The summed E-state index contributed by atoms with van der Waals surface area (Å²) in [6, 6.07) is 9.70. The molecule has 2 aliphatic rings. The Morgan fingerprint density at radius 3 is 3.06 bits per heavy atom. The number of fused-ring (bicyclic) bond motifs is 1. The molecule has 1 aromatic carbocycles. The lowest BCUT2D eigenvalue weighted by Crippen LogP contribution is -2.55. The van der Waals surface area contributed by atoms with Gasteiger partial charge in [0.05, 0.1) is 12.8 Å². The number of benzene rings is 1. The van der Waals surface area contributed by atoms with Crippen LogP contribution in [0.4, 0.5) is 5.69 Å². The third-order valence-corrected chi connectivity index (χ3v) is 4.03. The van der Waals surface area contributed by atoms with Crippen molar-refractivity contribution in [3.8, 4) is 5.75 Å².